The van der Waals surface area contributed by atoms with Crippen LogP contribution in [0, 0.1) is 6.92 Å². The molecule has 1 fully saturated rings. The van der Waals surface area contributed by atoms with Gasteiger partial charge in [-0.3, -0.25) is 9.59 Å². The van der Waals surface area contributed by atoms with Crippen LogP contribution in [0.4, 0.5) is 11.4 Å². The van der Waals surface area contributed by atoms with E-state index < -0.39 is 0 Å². The van der Waals surface area contributed by atoms with E-state index in [4.69, 9.17) is 20.8 Å². The number of methoxy groups -OCH3 is 1. The van der Waals surface area contributed by atoms with Gasteiger partial charge >= 0.3 is 0 Å². The van der Waals surface area contributed by atoms with Crippen molar-refractivity contribution < 1.29 is 18.7 Å². The molecule has 3 aromatic carbocycles. The van der Waals surface area contributed by atoms with Crippen LogP contribution >= 0.6 is 11.6 Å². The van der Waals surface area contributed by atoms with Crippen molar-refractivity contribution in [3.05, 3.63) is 88.6 Å². The van der Waals surface area contributed by atoms with Crippen LogP contribution in [0.15, 0.2) is 71.1 Å². The van der Waals surface area contributed by atoms with E-state index in [0.29, 0.717) is 54.0 Å². The largest absolute Gasteiger partial charge is 0.496 e. The number of fused-ring (bicyclic) bond motifs is 1. The number of carbonyl (C=O) groups excluding carboxylic acids is 2. The molecule has 0 saturated carbocycles. The van der Waals surface area contributed by atoms with Gasteiger partial charge in [0, 0.05) is 48.0 Å². The number of amides is 2. The van der Waals surface area contributed by atoms with E-state index in [1.807, 2.05) is 60.4 Å². The highest BCUT2D eigenvalue weighted by Crippen LogP contribution is 2.29. The Morgan fingerprint density at radius 3 is 2.39 bits per heavy atom. The Morgan fingerprint density at radius 1 is 0.972 bits per heavy atom. The van der Waals surface area contributed by atoms with Gasteiger partial charge in [0.2, 0.25) is 0 Å². The summed E-state index contributed by atoms with van der Waals surface area (Å²) in [5.41, 5.74) is 3.60. The molecule has 184 valence electrons. The SMILES string of the molecule is COc1c(C)cc(Cl)cc1C(=O)Nc1ccc(N2CCN(C(=O)c3cc4ccccc4o3)CC2)cc1. The van der Waals surface area contributed by atoms with Gasteiger partial charge in [0.15, 0.2) is 5.76 Å². The monoisotopic (exact) mass is 503 g/mol. The average Bonchev–Trinajstić information content (AvgIpc) is 3.33. The predicted octanol–water partition coefficient (Wildman–Crippen LogP) is 5.62. The molecule has 2 amide bonds. The summed E-state index contributed by atoms with van der Waals surface area (Å²) < 4.78 is 11.1. The smallest absolute Gasteiger partial charge is 0.289 e. The molecule has 7 nitrogen and oxygen atoms in total. The summed E-state index contributed by atoms with van der Waals surface area (Å²) in [7, 11) is 1.53. The lowest BCUT2D eigenvalue weighted by molar-refractivity contribution is 0.0717. The third-order valence-electron chi connectivity index (χ3n) is 6.38. The number of aryl methyl sites for hydroxylation is 1. The van der Waals surface area contributed by atoms with Crippen molar-refractivity contribution in [2.45, 2.75) is 6.92 Å². The minimum atomic E-state index is -0.289. The van der Waals surface area contributed by atoms with E-state index in [0.717, 1.165) is 22.2 Å². The highest BCUT2D eigenvalue weighted by Gasteiger charge is 2.25. The van der Waals surface area contributed by atoms with Gasteiger partial charge in [0.25, 0.3) is 11.8 Å². The second-order valence-corrected chi connectivity index (χ2v) is 9.17. The number of nitrogens with one attached hydrogen (secondary N) is 1. The Morgan fingerprint density at radius 2 is 1.69 bits per heavy atom. The van der Waals surface area contributed by atoms with Crippen molar-refractivity contribution in [2.24, 2.45) is 0 Å². The number of hydrogen-bond acceptors (Lipinski definition) is 5. The van der Waals surface area contributed by atoms with Crippen LogP contribution in [0.25, 0.3) is 11.0 Å². The lowest BCUT2D eigenvalue weighted by atomic mass is 10.1. The molecule has 1 aliphatic rings. The predicted molar refractivity (Wildman–Crippen MR) is 141 cm³/mol. The summed E-state index contributed by atoms with van der Waals surface area (Å²) in [6.07, 6.45) is 0. The molecule has 1 N–H and O–H groups in total. The molecule has 0 radical (unpaired) electrons. The zero-order valence-corrected chi connectivity index (χ0v) is 20.8. The van der Waals surface area contributed by atoms with E-state index in [1.165, 1.54) is 7.11 Å². The van der Waals surface area contributed by atoms with Crippen molar-refractivity contribution in [1.29, 1.82) is 0 Å². The molecule has 1 saturated heterocycles. The van der Waals surface area contributed by atoms with Gasteiger partial charge in [-0.15, -0.1) is 0 Å². The Kier molecular flexibility index (Phi) is 6.57. The number of hydrogen-bond donors (Lipinski definition) is 1. The molecule has 0 atom stereocenters. The maximum atomic E-state index is 12.9. The summed E-state index contributed by atoms with van der Waals surface area (Å²) in [4.78, 5) is 29.8. The van der Waals surface area contributed by atoms with Crippen molar-refractivity contribution in [3.8, 4) is 5.75 Å². The number of halogens is 1. The number of piperazine rings is 1. The van der Waals surface area contributed by atoms with Crippen molar-refractivity contribution in [2.75, 3.05) is 43.5 Å². The number of ether oxygens (including phenoxy) is 1. The lowest BCUT2D eigenvalue weighted by Crippen LogP contribution is -2.48. The fraction of sp³-hybridized carbons (Fsp3) is 0.214. The molecule has 1 aromatic heterocycles. The summed E-state index contributed by atoms with van der Waals surface area (Å²) in [6.45, 7) is 4.46. The fourth-order valence-corrected chi connectivity index (χ4v) is 4.81. The number of furan rings is 1. The van der Waals surface area contributed by atoms with Crippen LogP contribution in [-0.2, 0) is 0 Å². The number of para-hydroxylation sites is 1. The van der Waals surface area contributed by atoms with Crippen molar-refractivity contribution in [3.63, 3.8) is 0 Å². The maximum Gasteiger partial charge on any atom is 0.289 e. The zero-order valence-electron chi connectivity index (χ0n) is 20.1. The van der Waals surface area contributed by atoms with Crippen LogP contribution in [0.1, 0.15) is 26.5 Å². The van der Waals surface area contributed by atoms with E-state index >= 15 is 0 Å². The van der Waals surface area contributed by atoms with Gasteiger partial charge in [-0.25, -0.2) is 0 Å². The highest BCUT2D eigenvalue weighted by molar-refractivity contribution is 6.31. The van der Waals surface area contributed by atoms with Crippen LogP contribution in [0.5, 0.6) is 5.75 Å². The highest BCUT2D eigenvalue weighted by atomic mass is 35.5. The second-order valence-electron chi connectivity index (χ2n) is 8.73. The van der Waals surface area contributed by atoms with E-state index in [-0.39, 0.29) is 11.8 Å². The normalized spacial score (nSPS) is 13.6. The third kappa shape index (κ3) is 4.75. The number of anilines is 2. The fourth-order valence-electron chi connectivity index (χ4n) is 4.53. The molecule has 4 aromatic rings. The summed E-state index contributed by atoms with van der Waals surface area (Å²) in [6, 6.07) is 20.4. The Labute approximate surface area is 214 Å². The van der Waals surface area contributed by atoms with Gasteiger partial charge in [0.05, 0.1) is 12.7 Å². The van der Waals surface area contributed by atoms with Gasteiger partial charge < -0.3 is 24.3 Å². The van der Waals surface area contributed by atoms with Crippen molar-refractivity contribution >= 4 is 45.8 Å². The Bertz CT molecular complexity index is 1390. The third-order valence-corrected chi connectivity index (χ3v) is 6.60. The maximum absolute atomic E-state index is 12.9. The van der Waals surface area contributed by atoms with Crippen LogP contribution in [0.2, 0.25) is 5.02 Å². The van der Waals surface area contributed by atoms with Gasteiger partial charge in [-0.2, -0.15) is 0 Å². The van der Waals surface area contributed by atoms with E-state index in [9.17, 15) is 9.59 Å². The quantitative estimate of drug-likeness (QED) is 0.382. The molecular weight excluding hydrogens is 478 g/mol. The first-order chi connectivity index (χ1) is 17.4. The second kappa shape index (κ2) is 9.95. The number of rotatable bonds is 5. The summed E-state index contributed by atoms with van der Waals surface area (Å²) >= 11 is 6.15. The lowest BCUT2D eigenvalue weighted by Gasteiger charge is -2.35. The van der Waals surface area contributed by atoms with Crippen LogP contribution < -0.4 is 15.0 Å². The molecule has 0 bridgehead atoms. The molecule has 0 unspecified atom stereocenters. The number of benzene rings is 3. The number of carbonyl (C=O) groups is 2. The molecule has 2 heterocycles. The average molecular weight is 504 g/mol. The van der Waals surface area contributed by atoms with Gasteiger partial charge in [-0.1, -0.05) is 29.8 Å². The standard InChI is InChI=1S/C28H26ClN3O4/c1-18-15-20(29)17-23(26(18)35-2)27(33)30-21-7-9-22(10-8-21)31-11-13-32(14-12-31)28(34)25-16-19-5-3-4-6-24(19)36-25/h3-10,15-17H,11-14H2,1-2H3,(H,30,33). The molecule has 36 heavy (non-hydrogen) atoms. The molecule has 8 heteroatoms. The first-order valence-corrected chi connectivity index (χ1v) is 12.1. The number of nitrogens with zero attached hydrogens (tertiary/aromatic N) is 2. The minimum absolute atomic E-state index is 0.0874. The van der Waals surface area contributed by atoms with Gasteiger partial charge in [0.1, 0.15) is 11.3 Å². The molecular formula is C28H26ClN3O4. The van der Waals surface area contributed by atoms with Crippen molar-refractivity contribution in [1.82, 2.24) is 4.90 Å². The molecule has 1 aliphatic heterocycles. The van der Waals surface area contributed by atoms with Crippen LogP contribution in [0.3, 0.4) is 0 Å². The first-order valence-electron chi connectivity index (χ1n) is 11.7. The van der Waals surface area contributed by atoms with E-state index in [2.05, 4.69) is 10.2 Å². The molecule has 0 aliphatic carbocycles. The zero-order chi connectivity index (χ0) is 25.2. The van der Waals surface area contributed by atoms with E-state index in [1.54, 1.807) is 18.2 Å². The Hall–Kier alpha value is -3.97. The van der Waals surface area contributed by atoms with Gasteiger partial charge in [-0.05, 0) is 61.0 Å². The van der Waals surface area contributed by atoms with Crippen LogP contribution in [-0.4, -0.2) is 50.0 Å². The summed E-state index contributed by atoms with van der Waals surface area (Å²) in [5, 5.41) is 4.31. The first kappa shape index (κ1) is 23.8. The topological polar surface area (TPSA) is 75.0 Å². The molecule has 0 spiro atoms. The minimum Gasteiger partial charge on any atom is -0.496 e. The summed E-state index contributed by atoms with van der Waals surface area (Å²) in [5.74, 6) is 0.498. The molecule has 5 rings (SSSR count). The Balaban J connectivity index is 1.20.